The minimum absolute atomic E-state index is 0.0463. The van der Waals surface area contributed by atoms with Crippen molar-refractivity contribution in [3.63, 3.8) is 0 Å². The van der Waals surface area contributed by atoms with E-state index in [2.05, 4.69) is 0 Å². The highest BCUT2D eigenvalue weighted by Crippen LogP contribution is 1.85. The maximum absolute atomic E-state index is 8.17. The molecule has 0 saturated carbocycles. The van der Waals surface area contributed by atoms with Crippen LogP contribution in [0.25, 0.3) is 0 Å². The van der Waals surface area contributed by atoms with Crippen LogP contribution in [0.5, 0.6) is 0 Å². The van der Waals surface area contributed by atoms with Crippen molar-refractivity contribution in [2.24, 2.45) is 5.92 Å². The van der Waals surface area contributed by atoms with Crippen molar-refractivity contribution in [3.8, 4) is 0 Å². The zero-order chi connectivity index (χ0) is 9.11. The summed E-state index contributed by atoms with van der Waals surface area (Å²) < 4.78 is 0. The highest BCUT2D eigenvalue weighted by atomic mass is 16.3. The van der Waals surface area contributed by atoms with E-state index in [0.29, 0.717) is 6.42 Å². The van der Waals surface area contributed by atoms with Crippen LogP contribution in [0.2, 0.25) is 0 Å². The predicted molar refractivity (Wildman–Crippen MR) is 42.1 cm³/mol. The van der Waals surface area contributed by atoms with Crippen LogP contribution >= 0.6 is 0 Å². The molecule has 0 rings (SSSR count). The molecule has 70 valence electrons. The molecule has 0 amide bonds. The van der Waals surface area contributed by atoms with Crippen molar-refractivity contribution in [3.05, 3.63) is 0 Å². The fraction of sp³-hybridized carbons (Fsp3) is 1.00. The zero-order valence-corrected chi connectivity index (χ0v) is 6.90. The maximum atomic E-state index is 8.17. The Balaban J connectivity index is 0. The molecule has 0 atom stereocenters. The Morgan fingerprint density at radius 1 is 0.909 bits per heavy atom. The van der Waals surface area contributed by atoms with Gasteiger partial charge in [0.1, 0.15) is 0 Å². The molecule has 4 nitrogen and oxygen atoms in total. The second-order valence-electron chi connectivity index (χ2n) is 2.27. The second-order valence-corrected chi connectivity index (χ2v) is 2.27. The maximum Gasteiger partial charge on any atom is 0.0478 e. The molecule has 0 spiro atoms. The molecular formula is C7H18O4. The number of hydrogen-bond acceptors (Lipinski definition) is 4. The van der Waals surface area contributed by atoms with Crippen molar-refractivity contribution >= 4 is 0 Å². The summed E-state index contributed by atoms with van der Waals surface area (Å²) >= 11 is 0. The van der Waals surface area contributed by atoms with Gasteiger partial charge in [0.25, 0.3) is 0 Å². The lowest BCUT2D eigenvalue weighted by Gasteiger charge is -1.97. The third kappa shape index (κ3) is 17.7. The number of aliphatic hydroxyl groups is 4. The lowest BCUT2D eigenvalue weighted by Crippen LogP contribution is -2.04. The standard InChI is InChI=1S/C4H10O2.C3H8O2/c1-4(2-5)3-6;4-2-1-3-5/h4-6H,2-3H2,1H3;4-5H,1-3H2. The fourth-order valence-corrected chi connectivity index (χ4v) is 0.128. The van der Waals surface area contributed by atoms with E-state index in [1.165, 1.54) is 0 Å². The summed E-state index contributed by atoms with van der Waals surface area (Å²) in [5.41, 5.74) is 0. The van der Waals surface area contributed by atoms with Gasteiger partial charge in [-0.2, -0.15) is 0 Å². The number of aliphatic hydroxyl groups excluding tert-OH is 4. The molecule has 0 fully saturated rings. The van der Waals surface area contributed by atoms with E-state index in [4.69, 9.17) is 20.4 Å². The third-order valence-corrected chi connectivity index (χ3v) is 0.940. The van der Waals surface area contributed by atoms with E-state index in [1.54, 1.807) is 6.92 Å². The van der Waals surface area contributed by atoms with Gasteiger partial charge in [0, 0.05) is 32.3 Å². The Morgan fingerprint density at radius 2 is 1.27 bits per heavy atom. The van der Waals surface area contributed by atoms with Crippen LogP contribution in [-0.2, 0) is 0 Å². The van der Waals surface area contributed by atoms with E-state index in [1.807, 2.05) is 0 Å². The molecule has 0 aromatic rings. The van der Waals surface area contributed by atoms with Gasteiger partial charge >= 0.3 is 0 Å². The third-order valence-electron chi connectivity index (χ3n) is 0.940. The van der Waals surface area contributed by atoms with Crippen LogP contribution in [0.3, 0.4) is 0 Å². The van der Waals surface area contributed by atoms with Gasteiger partial charge in [-0.3, -0.25) is 0 Å². The summed E-state index contributed by atoms with van der Waals surface area (Å²) in [6, 6.07) is 0. The number of hydrogen-bond donors (Lipinski definition) is 4. The summed E-state index contributed by atoms with van der Waals surface area (Å²) in [4.78, 5) is 0. The van der Waals surface area contributed by atoms with Crippen molar-refractivity contribution in [1.82, 2.24) is 0 Å². The molecular weight excluding hydrogens is 148 g/mol. The molecule has 0 aliphatic carbocycles. The van der Waals surface area contributed by atoms with Crippen molar-refractivity contribution < 1.29 is 20.4 Å². The molecule has 0 aromatic heterocycles. The van der Waals surface area contributed by atoms with E-state index in [0.717, 1.165) is 0 Å². The Morgan fingerprint density at radius 3 is 1.27 bits per heavy atom. The van der Waals surface area contributed by atoms with Gasteiger partial charge in [-0.25, -0.2) is 0 Å². The molecule has 0 aliphatic heterocycles. The van der Waals surface area contributed by atoms with Gasteiger partial charge in [0.15, 0.2) is 0 Å². The van der Waals surface area contributed by atoms with Crippen LogP contribution in [0.15, 0.2) is 0 Å². The SMILES string of the molecule is CC(CO)CO.OCCCO. The first-order valence-corrected chi connectivity index (χ1v) is 3.66. The molecule has 0 bridgehead atoms. The second kappa shape index (κ2) is 12.5. The highest BCUT2D eigenvalue weighted by Gasteiger charge is 1.91. The Kier molecular flexibility index (Phi) is 15.3. The summed E-state index contributed by atoms with van der Waals surface area (Å²) in [6.07, 6.45) is 0.500. The first-order valence-electron chi connectivity index (χ1n) is 3.66. The molecule has 0 unspecified atom stereocenters. The van der Waals surface area contributed by atoms with Crippen molar-refractivity contribution in [2.75, 3.05) is 26.4 Å². The quantitative estimate of drug-likeness (QED) is 0.430. The van der Waals surface area contributed by atoms with Gasteiger partial charge in [-0.05, 0) is 6.42 Å². The topological polar surface area (TPSA) is 80.9 Å². The molecule has 0 saturated heterocycles. The first kappa shape index (κ1) is 13.4. The lowest BCUT2D eigenvalue weighted by atomic mass is 10.2. The van der Waals surface area contributed by atoms with Gasteiger partial charge in [0.05, 0.1) is 0 Å². The zero-order valence-electron chi connectivity index (χ0n) is 6.90. The van der Waals surface area contributed by atoms with E-state index >= 15 is 0 Å². The van der Waals surface area contributed by atoms with Crippen LogP contribution < -0.4 is 0 Å². The average Bonchev–Trinajstić information content (AvgIpc) is 2.06. The van der Waals surface area contributed by atoms with Crippen LogP contribution in [0, 0.1) is 5.92 Å². The Labute approximate surface area is 67.1 Å². The van der Waals surface area contributed by atoms with Crippen molar-refractivity contribution in [2.45, 2.75) is 13.3 Å². The van der Waals surface area contributed by atoms with E-state index in [9.17, 15) is 0 Å². The normalized spacial score (nSPS) is 9.27. The molecule has 0 heterocycles. The molecule has 4 heteroatoms. The fourth-order valence-electron chi connectivity index (χ4n) is 0.128. The summed E-state index contributed by atoms with van der Waals surface area (Å²) in [7, 11) is 0. The highest BCUT2D eigenvalue weighted by molar-refractivity contribution is 4.41. The van der Waals surface area contributed by atoms with E-state index in [-0.39, 0.29) is 32.3 Å². The lowest BCUT2D eigenvalue weighted by molar-refractivity contribution is 0.162. The van der Waals surface area contributed by atoms with Crippen LogP contribution in [0.1, 0.15) is 13.3 Å². The van der Waals surface area contributed by atoms with Gasteiger partial charge < -0.3 is 20.4 Å². The minimum Gasteiger partial charge on any atom is -0.396 e. The van der Waals surface area contributed by atoms with Gasteiger partial charge in [-0.1, -0.05) is 6.92 Å². The largest absolute Gasteiger partial charge is 0.396 e. The molecule has 0 aromatic carbocycles. The van der Waals surface area contributed by atoms with Gasteiger partial charge in [0.2, 0.25) is 0 Å². The first-order chi connectivity index (χ1) is 5.22. The monoisotopic (exact) mass is 166 g/mol. The molecule has 4 N–H and O–H groups in total. The minimum atomic E-state index is 0.0463. The Bertz CT molecular complexity index is 52.4. The smallest absolute Gasteiger partial charge is 0.0478 e. The van der Waals surface area contributed by atoms with Crippen molar-refractivity contribution in [1.29, 1.82) is 0 Å². The predicted octanol–water partition coefficient (Wildman–Crippen LogP) is -1.03. The molecule has 11 heavy (non-hydrogen) atoms. The molecule has 0 aliphatic rings. The van der Waals surface area contributed by atoms with Crippen LogP contribution in [0.4, 0.5) is 0 Å². The summed E-state index contributed by atoms with van der Waals surface area (Å²) in [6.45, 7) is 2.12. The van der Waals surface area contributed by atoms with E-state index < -0.39 is 0 Å². The Hall–Kier alpha value is -0.160. The molecule has 0 radical (unpaired) electrons. The average molecular weight is 166 g/mol. The van der Waals surface area contributed by atoms with Crippen LogP contribution in [-0.4, -0.2) is 46.9 Å². The van der Waals surface area contributed by atoms with Gasteiger partial charge in [-0.15, -0.1) is 0 Å². The number of rotatable bonds is 4. The summed E-state index contributed by atoms with van der Waals surface area (Å²) in [5.74, 6) is 0.0463. The summed E-state index contributed by atoms with van der Waals surface area (Å²) in [5, 5.41) is 32.2.